The molecular weight excluding hydrogens is 464 g/mol. The van der Waals surface area contributed by atoms with E-state index in [1.807, 2.05) is 47.4 Å². The number of amides is 1. The molecule has 0 atom stereocenters. The molecule has 1 amide bonds. The molecule has 2 N–H and O–H groups in total. The van der Waals surface area contributed by atoms with Crippen LogP contribution in [0, 0.1) is 6.92 Å². The number of aromatic hydroxyl groups is 1. The van der Waals surface area contributed by atoms with Crippen LogP contribution >= 0.6 is 0 Å². The Kier molecular flexibility index (Phi) is 8.15. The molecule has 0 bridgehead atoms. The number of hydrogen-bond acceptors (Lipinski definition) is 5. The number of nitrogens with zero attached hydrogens (tertiary/aromatic N) is 3. The van der Waals surface area contributed by atoms with Crippen molar-refractivity contribution in [3.05, 3.63) is 100 Å². The van der Waals surface area contributed by atoms with Crippen LogP contribution in [0.2, 0.25) is 0 Å². The van der Waals surface area contributed by atoms with Gasteiger partial charge in [-0.25, -0.2) is 4.79 Å². The average molecular weight is 497 g/mol. The number of H-pyrrole nitrogens is 1. The number of carbonyl (C=O) groups excluding carboxylic acids is 1. The molecule has 0 radical (unpaired) electrons. The quantitative estimate of drug-likeness (QED) is 0.336. The summed E-state index contributed by atoms with van der Waals surface area (Å²) in [6.45, 7) is 9.26. The van der Waals surface area contributed by atoms with Crippen molar-refractivity contribution in [3.63, 3.8) is 0 Å². The second-order valence-corrected chi connectivity index (χ2v) is 8.88. The van der Waals surface area contributed by atoms with Gasteiger partial charge in [-0.2, -0.15) is 4.98 Å². The Labute approximate surface area is 217 Å². The number of para-hydroxylation sites is 1. The smallest absolute Gasteiger partial charge is 0.345 e. The first-order valence-electron chi connectivity index (χ1n) is 12.5. The van der Waals surface area contributed by atoms with E-state index in [0.717, 1.165) is 36.4 Å². The van der Waals surface area contributed by atoms with Gasteiger partial charge in [-0.3, -0.25) is 4.79 Å². The van der Waals surface area contributed by atoms with E-state index in [9.17, 15) is 14.7 Å². The van der Waals surface area contributed by atoms with Crippen LogP contribution in [0.4, 0.5) is 5.69 Å². The second-order valence-electron chi connectivity index (χ2n) is 8.88. The van der Waals surface area contributed by atoms with Gasteiger partial charge in [-0.1, -0.05) is 44.2 Å². The summed E-state index contributed by atoms with van der Waals surface area (Å²) in [6, 6.07) is 23.8. The Morgan fingerprint density at radius 1 is 0.892 bits per heavy atom. The van der Waals surface area contributed by atoms with Gasteiger partial charge in [0, 0.05) is 29.9 Å². The standard InChI is InChI=1S/C30H32N4O3/c1-4-33(5-2)17-18-34(25-9-7-6-8-10-25)29(36)23-13-11-22(12-14-23)26-20-27(32-30(37)31-26)24-15-16-28(35)21(3)19-24/h6-16,19-20,35H,4-5,17-18H2,1-3H3,(H,31,32,37). The minimum atomic E-state index is -0.468. The van der Waals surface area contributed by atoms with Gasteiger partial charge in [0.25, 0.3) is 5.91 Å². The highest BCUT2D eigenvalue weighted by Gasteiger charge is 2.19. The van der Waals surface area contributed by atoms with Gasteiger partial charge >= 0.3 is 5.69 Å². The van der Waals surface area contributed by atoms with Gasteiger partial charge in [-0.15, -0.1) is 0 Å². The normalized spacial score (nSPS) is 11.0. The lowest BCUT2D eigenvalue weighted by atomic mass is 10.0. The van der Waals surface area contributed by atoms with E-state index >= 15 is 0 Å². The van der Waals surface area contributed by atoms with Crippen molar-refractivity contribution in [2.75, 3.05) is 31.1 Å². The number of likely N-dealkylation sites (N-methyl/N-ethyl adjacent to an activating group) is 1. The Hall–Kier alpha value is -4.23. The number of nitrogens with one attached hydrogen (secondary N) is 1. The predicted octanol–water partition coefficient (Wildman–Crippen LogP) is 5.11. The minimum Gasteiger partial charge on any atom is -0.508 e. The first kappa shape index (κ1) is 25.9. The predicted molar refractivity (Wildman–Crippen MR) is 148 cm³/mol. The number of aromatic amines is 1. The van der Waals surface area contributed by atoms with E-state index in [1.165, 1.54) is 0 Å². The summed E-state index contributed by atoms with van der Waals surface area (Å²) in [6.07, 6.45) is 0. The maximum absolute atomic E-state index is 13.6. The van der Waals surface area contributed by atoms with Crippen LogP contribution in [0.25, 0.3) is 22.5 Å². The lowest BCUT2D eigenvalue weighted by molar-refractivity contribution is 0.0984. The molecule has 0 saturated carbocycles. The summed E-state index contributed by atoms with van der Waals surface area (Å²) >= 11 is 0. The fourth-order valence-corrected chi connectivity index (χ4v) is 4.26. The van der Waals surface area contributed by atoms with Gasteiger partial charge in [0.15, 0.2) is 0 Å². The molecule has 0 aliphatic rings. The monoisotopic (exact) mass is 496 g/mol. The Morgan fingerprint density at radius 3 is 2.22 bits per heavy atom. The molecule has 4 rings (SSSR count). The van der Waals surface area contributed by atoms with Crippen LogP contribution in [0.1, 0.15) is 29.8 Å². The van der Waals surface area contributed by atoms with Crippen LogP contribution in [0.5, 0.6) is 5.75 Å². The highest BCUT2D eigenvalue weighted by Crippen LogP contribution is 2.26. The highest BCUT2D eigenvalue weighted by atomic mass is 16.3. The molecule has 0 unspecified atom stereocenters. The minimum absolute atomic E-state index is 0.0756. The zero-order chi connectivity index (χ0) is 26.4. The third-order valence-corrected chi connectivity index (χ3v) is 6.53. The second kappa shape index (κ2) is 11.7. The Morgan fingerprint density at radius 2 is 1.57 bits per heavy atom. The summed E-state index contributed by atoms with van der Waals surface area (Å²) in [5, 5.41) is 9.82. The molecule has 7 nitrogen and oxygen atoms in total. The van der Waals surface area contributed by atoms with Crippen molar-refractivity contribution in [1.82, 2.24) is 14.9 Å². The third-order valence-electron chi connectivity index (χ3n) is 6.53. The number of anilines is 1. The molecule has 0 saturated heterocycles. The van der Waals surface area contributed by atoms with Gasteiger partial charge in [0.05, 0.1) is 11.4 Å². The highest BCUT2D eigenvalue weighted by molar-refractivity contribution is 6.06. The van der Waals surface area contributed by atoms with Crippen molar-refractivity contribution in [1.29, 1.82) is 0 Å². The fraction of sp³-hybridized carbons (Fsp3) is 0.233. The molecule has 190 valence electrons. The molecule has 0 fully saturated rings. The molecule has 0 aliphatic carbocycles. The first-order valence-corrected chi connectivity index (χ1v) is 12.5. The number of benzene rings is 3. The van der Waals surface area contributed by atoms with Crippen LogP contribution < -0.4 is 10.6 Å². The van der Waals surface area contributed by atoms with E-state index in [4.69, 9.17) is 0 Å². The third kappa shape index (κ3) is 6.13. The number of phenols is 1. The summed E-state index contributed by atoms with van der Waals surface area (Å²) in [4.78, 5) is 36.9. The maximum Gasteiger partial charge on any atom is 0.345 e. The molecular formula is C30H32N4O3. The van der Waals surface area contributed by atoms with Crippen molar-refractivity contribution in [2.45, 2.75) is 20.8 Å². The number of carbonyl (C=O) groups is 1. The number of aromatic nitrogens is 2. The van der Waals surface area contributed by atoms with Gasteiger partial charge in [0.2, 0.25) is 0 Å². The molecule has 4 aromatic rings. The van der Waals surface area contributed by atoms with E-state index in [0.29, 0.717) is 29.1 Å². The van der Waals surface area contributed by atoms with Crippen molar-refractivity contribution < 1.29 is 9.90 Å². The zero-order valence-electron chi connectivity index (χ0n) is 21.4. The van der Waals surface area contributed by atoms with E-state index < -0.39 is 5.69 Å². The lowest BCUT2D eigenvalue weighted by Crippen LogP contribution is -2.38. The van der Waals surface area contributed by atoms with Gasteiger partial charge in [-0.05, 0) is 79.7 Å². The number of rotatable bonds is 9. The molecule has 37 heavy (non-hydrogen) atoms. The van der Waals surface area contributed by atoms with Crippen LogP contribution in [-0.2, 0) is 0 Å². The molecule has 1 heterocycles. The summed E-state index contributed by atoms with van der Waals surface area (Å²) in [5.41, 5.74) is 4.27. The first-order chi connectivity index (χ1) is 17.9. The number of hydrogen-bond donors (Lipinski definition) is 2. The average Bonchev–Trinajstić information content (AvgIpc) is 2.92. The van der Waals surface area contributed by atoms with Gasteiger partial charge in [0.1, 0.15) is 5.75 Å². The molecule has 1 aromatic heterocycles. The molecule has 7 heteroatoms. The maximum atomic E-state index is 13.6. The number of phenolic OH excluding ortho intramolecular Hbond substituents is 1. The van der Waals surface area contributed by atoms with E-state index in [-0.39, 0.29) is 11.7 Å². The molecule has 0 spiro atoms. The van der Waals surface area contributed by atoms with Crippen LogP contribution in [0.3, 0.4) is 0 Å². The van der Waals surface area contributed by atoms with Crippen molar-refractivity contribution in [2.24, 2.45) is 0 Å². The van der Waals surface area contributed by atoms with Crippen molar-refractivity contribution in [3.8, 4) is 28.3 Å². The van der Waals surface area contributed by atoms with Gasteiger partial charge < -0.3 is 19.9 Å². The SMILES string of the molecule is CCN(CC)CCN(C(=O)c1ccc(-c2cc(-c3ccc(O)c(C)c3)nc(=O)[nH]2)cc1)c1ccccc1. The Balaban J connectivity index is 1.61. The molecule has 3 aromatic carbocycles. The summed E-state index contributed by atoms with van der Waals surface area (Å²) in [5.74, 6) is 0.115. The Bertz CT molecular complexity index is 1410. The fourth-order valence-electron chi connectivity index (χ4n) is 4.26. The van der Waals surface area contributed by atoms with E-state index in [2.05, 4.69) is 28.7 Å². The van der Waals surface area contributed by atoms with Crippen molar-refractivity contribution >= 4 is 11.6 Å². The lowest BCUT2D eigenvalue weighted by Gasteiger charge is -2.27. The van der Waals surface area contributed by atoms with E-state index in [1.54, 1.807) is 43.3 Å². The van der Waals surface area contributed by atoms with Crippen LogP contribution in [0.15, 0.2) is 83.7 Å². The van der Waals surface area contributed by atoms with Crippen LogP contribution in [-0.4, -0.2) is 52.1 Å². The number of aryl methyl sites for hydroxylation is 1. The topological polar surface area (TPSA) is 89.5 Å². The summed E-state index contributed by atoms with van der Waals surface area (Å²) in [7, 11) is 0. The zero-order valence-corrected chi connectivity index (χ0v) is 21.4. The largest absolute Gasteiger partial charge is 0.508 e. The molecule has 0 aliphatic heterocycles. The summed E-state index contributed by atoms with van der Waals surface area (Å²) < 4.78 is 0.